The van der Waals surface area contributed by atoms with Crippen molar-refractivity contribution >= 4 is 17.5 Å². The van der Waals surface area contributed by atoms with Gasteiger partial charge in [-0.2, -0.15) is 0 Å². The molecule has 3 nitrogen and oxygen atoms in total. The molecular weight excluding hydrogens is 303 g/mol. The third-order valence-corrected chi connectivity index (χ3v) is 4.90. The summed E-state index contributed by atoms with van der Waals surface area (Å²) in [5.41, 5.74) is 0.892. The summed E-state index contributed by atoms with van der Waals surface area (Å²) < 4.78 is 13.4. The molecule has 0 aromatic heterocycles. The van der Waals surface area contributed by atoms with Crippen LogP contribution in [0.3, 0.4) is 0 Å². The van der Waals surface area contributed by atoms with Crippen molar-refractivity contribution in [1.29, 1.82) is 0 Å². The van der Waals surface area contributed by atoms with Crippen molar-refractivity contribution < 1.29 is 9.18 Å². The summed E-state index contributed by atoms with van der Waals surface area (Å²) in [5, 5.41) is 0.437. The Morgan fingerprint density at radius 2 is 1.95 bits per heavy atom. The molecular formula is C17H22ClFN2O. The van der Waals surface area contributed by atoms with Gasteiger partial charge in [-0.05, 0) is 43.0 Å². The highest BCUT2D eigenvalue weighted by molar-refractivity contribution is 6.30. The first kappa shape index (κ1) is 15.8. The van der Waals surface area contributed by atoms with E-state index in [1.807, 2.05) is 11.0 Å². The van der Waals surface area contributed by atoms with Gasteiger partial charge in [-0.3, -0.25) is 9.69 Å². The van der Waals surface area contributed by atoms with Crippen LogP contribution in [0.2, 0.25) is 5.02 Å². The van der Waals surface area contributed by atoms with Gasteiger partial charge in [0.25, 0.3) is 0 Å². The Hall–Kier alpha value is -1.13. The third-order valence-electron chi connectivity index (χ3n) is 4.68. The fourth-order valence-corrected chi connectivity index (χ4v) is 3.47. The van der Waals surface area contributed by atoms with Crippen LogP contribution in [0.15, 0.2) is 18.2 Å². The van der Waals surface area contributed by atoms with E-state index in [-0.39, 0.29) is 11.7 Å². The minimum atomic E-state index is -0.292. The fourth-order valence-electron chi connectivity index (χ4n) is 3.22. The van der Waals surface area contributed by atoms with Gasteiger partial charge in [-0.25, -0.2) is 4.39 Å². The second-order valence-corrected chi connectivity index (χ2v) is 6.80. The number of hydrogen-bond donors (Lipinski definition) is 0. The number of carbonyl (C=O) groups is 1. The van der Waals surface area contributed by atoms with E-state index in [1.54, 1.807) is 0 Å². The zero-order chi connectivity index (χ0) is 15.5. The monoisotopic (exact) mass is 324 g/mol. The quantitative estimate of drug-likeness (QED) is 0.851. The molecule has 22 heavy (non-hydrogen) atoms. The largest absolute Gasteiger partial charge is 0.341 e. The number of rotatable bonds is 3. The van der Waals surface area contributed by atoms with Crippen LogP contribution in [-0.2, 0) is 11.3 Å². The van der Waals surface area contributed by atoms with E-state index in [4.69, 9.17) is 11.6 Å². The molecule has 2 fully saturated rings. The molecule has 2 aliphatic rings. The molecule has 0 unspecified atom stereocenters. The molecule has 1 aliphatic heterocycles. The van der Waals surface area contributed by atoms with E-state index in [0.29, 0.717) is 17.5 Å². The summed E-state index contributed by atoms with van der Waals surface area (Å²) in [4.78, 5) is 16.6. The molecule has 1 saturated heterocycles. The minimum Gasteiger partial charge on any atom is -0.341 e. The highest BCUT2D eigenvalue weighted by atomic mass is 35.5. The highest BCUT2D eigenvalue weighted by Gasteiger charge is 2.30. The van der Waals surface area contributed by atoms with E-state index >= 15 is 0 Å². The molecule has 0 spiro atoms. The Balaban J connectivity index is 1.56. The Bertz CT molecular complexity index is 527. The maximum Gasteiger partial charge on any atom is 0.225 e. The molecule has 0 atom stereocenters. The van der Waals surface area contributed by atoms with Gasteiger partial charge in [0.15, 0.2) is 0 Å². The molecule has 3 rings (SSSR count). The molecule has 1 heterocycles. The van der Waals surface area contributed by atoms with Crippen LogP contribution in [0, 0.1) is 11.7 Å². The molecule has 1 amide bonds. The number of amides is 1. The summed E-state index contributed by atoms with van der Waals surface area (Å²) in [6.45, 7) is 4.08. The SMILES string of the molecule is O=C(C1CCC1)N1CCCN(Cc2cc(F)cc(Cl)c2)CC1. The lowest BCUT2D eigenvalue weighted by atomic mass is 9.84. The van der Waals surface area contributed by atoms with Crippen molar-refractivity contribution in [3.8, 4) is 0 Å². The molecule has 1 aromatic rings. The zero-order valence-corrected chi connectivity index (χ0v) is 13.5. The summed E-state index contributed by atoms with van der Waals surface area (Å²) in [7, 11) is 0. The number of benzene rings is 1. The first-order valence-electron chi connectivity index (χ1n) is 8.08. The topological polar surface area (TPSA) is 23.6 Å². The van der Waals surface area contributed by atoms with E-state index in [9.17, 15) is 9.18 Å². The van der Waals surface area contributed by atoms with Gasteiger partial charge < -0.3 is 4.90 Å². The Morgan fingerprint density at radius 3 is 2.64 bits per heavy atom. The van der Waals surface area contributed by atoms with Crippen LogP contribution >= 0.6 is 11.6 Å². The number of halogens is 2. The van der Waals surface area contributed by atoms with Crippen molar-refractivity contribution in [2.45, 2.75) is 32.2 Å². The van der Waals surface area contributed by atoms with Crippen LogP contribution in [0.5, 0.6) is 0 Å². The van der Waals surface area contributed by atoms with Gasteiger partial charge in [0.05, 0.1) is 0 Å². The third kappa shape index (κ3) is 3.79. The molecule has 1 aliphatic carbocycles. The summed E-state index contributed by atoms with van der Waals surface area (Å²) in [6.07, 6.45) is 4.28. The van der Waals surface area contributed by atoms with Gasteiger partial charge >= 0.3 is 0 Å². The fraction of sp³-hybridized carbons (Fsp3) is 0.588. The smallest absolute Gasteiger partial charge is 0.225 e. The predicted octanol–water partition coefficient (Wildman–Crippen LogP) is 3.31. The number of carbonyl (C=O) groups excluding carboxylic acids is 1. The molecule has 5 heteroatoms. The van der Waals surface area contributed by atoms with E-state index in [2.05, 4.69) is 4.90 Å². The second-order valence-electron chi connectivity index (χ2n) is 6.36. The molecule has 0 bridgehead atoms. The lowest BCUT2D eigenvalue weighted by molar-refractivity contribution is -0.138. The maximum absolute atomic E-state index is 13.4. The van der Waals surface area contributed by atoms with E-state index in [1.165, 1.54) is 18.6 Å². The van der Waals surface area contributed by atoms with Gasteiger partial charge in [-0.1, -0.05) is 18.0 Å². The van der Waals surface area contributed by atoms with Crippen molar-refractivity contribution in [1.82, 2.24) is 9.80 Å². The van der Waals surface area contributed by atoms with Crippen molar-refractivity contribution in [3.63, 3.8) is 0 Å². The lowest BCUT2D eigenvalue weighted by Crippen LogP contribution is -2.41. The predicted molar refractivity (Wildman–Crippen MR) is 85.2 cm³/mol. The average Bonchev–Trinajstić information content (AvgIpc) is 2.61. The van der Waals surface area contributed by atoms with Crippen molar-refractivity contribution in [3.05, 3.63) is 34.6 Å². The molecule has 0 N–H and O–H groups in total. The lowest BCUT2D eigenvalue weighted by Gasteiger charge is -2.31. The van der Waals surface area contributed by atoms with E-state index < -0.39 is 0 Å². The van der Waals surface area contributed by atoms with Crippen LogP contribution < -0.4 is 0 Å². The molecule has 120 valence electrons. The van der Waals surface area contributed by atoms with Crippen molar-refractivity contribution in [2.24, 2.45) is 5.92 Å². The first-order valence-corrected chi connectivity index (χ1v) is 8.46. The van der Waals surface area contributed by atoms with Crippen LogP contribution in [0.4, 0.5) is 4.39 Å². The minimum absolute atomic E-state index is 0.272. The number of hydrogen-bond acceptors (Lipinski definition) is 2. The summed E-state index contributed by atoms with van der Waals surface area (Å²) >= 11 is 5.91. The van der Waals surface area contributed by atoms with Gasteiger partial charge in [-0.15, -0.1) is 0 Å². The van der Waals surface area contributed by atoms with Crippen LogP contribution in [0.1, 0.15) is 31.2 Å². The summed E-state index contributed by atoms with van der Waals surface area (Å²) in [6, 6.07) is 4.67. The Labute approximate surface area is 136 Å². The molecule has 0 radical (unpaired) electrons. The van der Waals surface area contributed by atoms with E-state index in [0.717, 1.165) is 51.0 Å². The normalized spacial score (nSPS) is 20.5. The molecule has 1 saturated carbocycles. The highest BCUT2D eigenvalue weighted by Crippen LogP contribution is 2.28. The van der Waals surface area contributed by atoms with Crippen molar-refractivity contribution in [2.75, 3.05) is 26.2 Å². The standard InChI is InChI=1S/C17H22ClFN2O/c18-15-9-13(10-16(19)11-15)12-20-5-2-6-21(8-7-20)17(22)14-3-1-4-14/h9-11,14H,1-8,12H2. The Kier molecular flexibility index (Phi) is 4.99. The van der Waals surface area contributed by atoms with Crippen LogP contribution in [-0.4, -0.2) is 41.9 Å². The Morgan fingerprint density at radius 1 is 1.14 bits per heavy atom. The van der Waals surface area contributed by atoms with Gasteiger partial charge in [0.2, 0.25) is 5.91 Å². The summed E-state index contributed by atoms with van der Waals surface area (Å²) in [5.74, 6) is 0.314. The average molecular weight is 325 g/mol. The van der Waals surface area contributed by atoms with Gasteiger partial charge in [0.1, 0.15) is 5.82 Å². The maximum atomic E-state index is 13.4. The second kappa shape index (κ2) is 6.97. The zero-order valence-electron chi connectivity index (χ0n) is 12.7. The van der Waals surface area contributed by atoms with Crippen LogP contribution in [0.25, 0.3) is 0 Å². The first-order chi connectivity index (χ1) is 10.6. The molecule has 1 aromatic carbocycles. The van der Waals surface area contributed by atoms with Gasteiger partial charge in [0, 0.05) is 43.7 Å². The number of nitrogens with zero attached hydrogens (tertiary/aromatic N) is 2.